The van der Waals surface area contributed by atoms with Gasteiger partial charge in [0.15, 0.2) is 0 Å². The molecular formula is C20H22N4O2. The van der Waals surface area contributed by atoms with Gasteiger partial charge in [-0.3, -0.25) is 4.79 Å². The SMILES string of the molecule is Cc1ccc(C(=O)NC2CCC(Oc3nccnc3C#N)CC2)cc1C. The summed E-state index contributed by atoms with van der Waals surface area (Å²) in [6.07, 6.45) is 6.27. The second-order valence-electron chi connectivity index (χ2n) is 6.69. The van der Waals surface area contributed by atoms with Crippen LogP contribution in [0.15, 0.2) is 30.6 Å². The summed E-state index contributed by atoms with van der Waals surface area (Å²) in [6, 6.07) is 7.90. The van der Waals surface area contributed by atoms with Gasteiger partial charge in [0.1, 0.15) is 12.2 Å². The molecule has 0 spiro atoms. The highest BCUT2D eigenvalue weighted by molar-refractivity contribution is 5.94. The van der Waals surface area contributed by atoms with Crippen molar-refractivity contribution in [3.63, 3.8) is 0 Å². The Morgan fingerprint density at radius 1 is 1.15 bits per heavy atom. The molecule has 1 fully saturated rings. The summed E-state index contributed by atoms with van der Waals surface area (Å²) < 4.78 is 5.84. The molecule has 1 aliphatic carbocycles. The Bertz CT molecular complexity index is 836. The van der Waals surface area contributed by atoms with Crippen LogP contribution in [0.25, 0.3) is 0 Å². The zero-order valence-electron chi connectivity index (χ0n) is 15.0. The summed E-state index contributed by atoms with van der Waals surface area (Å²) in [7, 11) is 0. The van der Waals surface area contributed by atoms with Crippen molar-refractivity contribution in [1.82, 2.24) is 15.3 Å². The maximum Gasteiger partial charge on any atom is 0.251 e. The largest absolute Gasteiger partial charge is 0.472 e. The van der Waals surface area contributed by atoms with Crippen LogP contribution in [0.4, 0.5) is 0 Å². The number of nitrogens with zero attached hydrogens (tertiary/aromatic N) is 3. The third-order valence-electron chi connectivity index (χ3n) is 4.83. The van der Waals surface area contributed by atoms with E-state index in [1.54, 1.807) is 0 Å². The molecule has 1 aromatic heterocycles. The number of rotatable bonds is 4. The molecule has 1 N–H and O–H groups in total. The highest BCUT2D eigenvalue weighted by Crippen LogP contribution is 2.24. The van der Waals surface area contributed by atoms with Gasteiger partial charge in [0.25, 0.3) is 11.8 Å². The van der Waals surface area contributed by atoms with Crippen molar-refractivity contribution < 1.29 is 9.53 Å². The van der Waals surface area contributed by atoms with E-state index in [-0.39, 0.29) is 29.6 Å². The molecule has 1 saturated carbocycles. The van der Waals surface area contributed by atoms with E-state index >= 15 is 0 Å². The summed E-state index contributed by atoms with van der Waals surface area (Å²) in [5.41, 5.74) is 3.20. The molecule has 0 bridgehead atoms. The van der Waals surface area contributed by atoms with Gasteiger partial charge >= 0.3 is 0 Å². The minimum atomic E-state index is -0.0295. The van der Waals surface area contributed by atoms with E-state index in [1.807, 2.05) is 38.1 Å². The Balaban J connectivity index is 1.53. The van der Waals surface area contributed by atoms with E-state index in [0.29, 0.717) is 5.56 Å². The van der Waals surface area contributed by atoms with Crippen LogP contribution in [0.2, 0.25) is 0 Å². The lowest BCUT2D eigenvalue weighted by Crippen LogP contribution is -2.39. The van der Waals surface area contributed by atoms with Gasteiger partial charge in [-0.2, -0.15) is 5.26 Å². The van der Waals surface area contributed by atoms with E-state index in [4.69, 9.17) is 10.00 Å². The quantitative estimate of drug-likeness (QED) is 0.915. The van der Waals surface area contributed by atoms with Gasteiger partial charge in [0.05, 0.1) is 0 Å². The number of nitriles is 1. The molecule has 2 aromatic rings. The van der Waals surface area contributed by atoms with Crippen molar-refractivity contribution in [2.75, 3.05) is 0 Å². The molecular weight excluding hydrogens is 328 g/mol. The fraction of sp³-hybridized carbons (Fsp3) is 0.400. The molecule has 26 heavy (non-hydrogen) atoms. The van der Waals surface area contributed by atoms with Crippen molar-refractivity contribution >= 4 is 5.91 Å². The molecule has 0 radical (unpaired) electrons. The van der Waals surface area contributed by atoms with Crippen LogP contribution in [-0.4, -0.2) is 28.0 Å². The van der Waals surface area contributed by atoms with Gasteiger partial charge in [0, 0.05) is 24.0 Å². The standard InChI is InChI=1S/C20H22N4O2/c1-13-3-4-15(11-14(13)2)19(25)24-16-5-7-17(8-6-16)26-20-18(12-21)22-9-10-23-20/h3-4,9-11,16-17H,5-8H2,1-2H3,(H,24,25). The first-order chi connectivity index (χ1) is 12.6. The maximum atomic E-state index is 12.4. The first-order valence-electron chi connectivity index (χ1n) is 8.82. The van der Waals surface area contributed by atoms with E-state index in [9.17, 15) is 4.79 Å². The molecule has 6 nitrogen and oxygen atoms in total. The van der Waals surface area contributed by atoms with Gasteiger partial charge in [-0.15, -0.1) is 0 Å². The summed E-state index contributed by atoms with van der Waals surface area (Å²) in [5, 5.41) is 12.2. The van der Waals surface area contributed by atoms with Crippen LogP contribution in [0.1, 0.15) is 52.9 Å². The monoisotopic (exact) mass is 350 g/mol. The van der Waals surface area contributed by atoms with Gasteiger partial charge < -0.3 is 10.1 Å². The molecule has 0 unspecified atom stereocenters. The zero-order chi connectivity index (χ0) is 18.5. The average molecular weight is 350 g/mol. The number of benzene rings is 1. The summed E-state index contributed by atoms with van der Waals surface area (Å²) in [6.45, 7) is 4.05. The lowest BCUT2D eigenvalue weighted by atomic mass is 9.92. The summed E-state index contributed by atoms with van der Waals surface area (Å²) >= 11 is 0. The van der Waals surface area contributed by atoms with Crippen molar-refractivity contribution in [1.29, 1.82) is 5.26 Å². The maximum absolute atomic E-state index is 12.4. The Labute approximate surface area is 153 Å². The minimum absolute atomic E-state index is 0.00595. The van der Waals surface area contributed by atoms with Crippen molar-refractivity contribution in [3.8, 4) is 11.9 Å². The number of carbonyl (C=O) groups excluding carboxylic acids is 1. The van der Waals surface area contributed by atoms with Crippen molar-refractivity contribution in [2.24, 2.45) is 0 Å². The number of nitrogens with one attached hydrogen (secondary N) is 1. The number of amides is 1. The Hall–Kier alpha value is -2.94. The van der Waals surface area contributed by atoms with Gasteiger partial charge in [0.2, 0.25) is 5.69 Å². The van der Waals surface area contributed by atoms with Crippen LogP contribution in [0.5, 0.6) is 5.88 Å². The molecule has 1 heterocycles. The van der Waals surface area contributed by atoms with Crippen LogP contribution in [-0.2, 0) is 0 Å². The topological polar surface area (TPSA) is 87.9 Å². The molecule has 6 heteroatoms. The van der Waals surface area contributed by atoms with Gasteiger partial charge in [-0.05, 0) is 62.8 Å². The number of carbonyl (C=O) groups is 1. The van der Waals surface area contributed by atoms with Crippen LogP contribution in [0.3, 0.4) is 0 Å². The first kappa shape index (κ1) is 17.9. The van der Waals surface area contributed by atoms with E-state index < -0.39 is 0 Å². The number of aromatic nitrogens is 2. The lowest BCUT2D eigenvalue weighted by Gasteiger charge is -2.29. The van der Waals surface area contributed by atoms with Crippen molar-refractivity contribution in [3.05, 3.63) is 53.0 Å². The number of hydrogen-bond acceptors (Lipinski definition) is 5. The minimum Gasteiger partial charge on any atom is -0.472 e. The molecule has 1 aliphatic rings. The Kier molecular flexibility index (Phi) is 5.47. The zero-order valence-corrected chi connectivity index (χ0v) is 15.0. The van der Waals surface area contributed by atoms with Crippen molar-refractivity contribution in [2.45, 2.75) is 51.7 Å². The van der Waals surface area contributed by atoms with E-state index in [1.165, 1.54) is 18.0 Å². The first-order valence-corrected chi connectivity index (χ1v) is 8.82. The van der Waals surface area contributed by atoms with Crippen LogP contribution < -0.4 is 10.1 Å². The summed E-state index contributed by atoms with van der Waals surface area (Å²) in [4.78, 5) is 20.5. The number of aryl methyl sites for hydroxylation is 2. The average Bonchev–Trinajstić information content (AvgIpc) is 2.66. The van der Waals surface area contributed by atoms with Crippen LogP contribution in [0, 0.1) is 25.2 Å². The van der Waals surface area contributed by atoms with E-state index in [0.717, 1.165) is 31.2 Å². The third-order valence-corrected chi connectivity index (χ3v) is 4.83. The molecule has 1 amide bonds. The molecule has 3 rings (SSSR count). The lowest BCUT2D eigenvalue weighted by molar-refractivity contribution is 0.0889. The fourth-order valence-electron chi connectivity index (χ4n) is 3.12. The van der Waals surface area contributed by atoms with Gasteiger partial charge in [-0.25, -0.2) is 9.97 Å². The predicted molar refractivity (Wildman–Crippen MR) is 96.8 cm³/mol. The van der Waals surface area contributed by atoms with Crippen LogP contribution >= 0.6 is 0 Å². The molecule has 134 valence electrons. The number of hydrogen-bond donors (Lipinski definition) is 1. The highest BCUT2D eigenvalue weighted by Gasteiger charge is 2.25. The molecule has 1 aromatic carbocycles. The molecule has 0 aliphatic heterocycles. The second kappa shape index (κ2) is 7.96. The van der Waals surface area contributed by atoms with Gasteiger partial charge in [-0.1, -0.05) is 6.07 Å². The molecule has 0 atom stereocenters. The third kappa shape index (κ3) is 4.17. The summed E-state index contributed by atoms with van der Waals surface area (Å²) in [5.74, 6) is 0.260. The second-order valence-corrected chi connectivity index (χ2v) is 6.69. The smallest absolute Gasteiger partial charge is 0.251 e. The molecule has 0 saturated heterocycles. The Morgan fingerprint density at radius 2 is 1.88 bits per heavy atom. The fourth-order valence-corrected chi connectivity index (χ4v) is 3.12. The van der Waals surface area contributed by atoms with E-state index in [2.05, 4.69) is 15.3 Å². The Morgan fingerprint density at radius 3 is 2.58 bits per heavy atom. The highest BCUT2D eigenvalue weighted by atomic mass is 16.5. The predicted octanol–water partition coefficient (Wildman–Crippen LogP) is 3.09. The normalized spacial score (nSPS) is 19.4. The number of ether oxygens (including phenoxy) is 1.